The molecule has 0 spiro atoms. The third kappa shape index (κ3) is 4.23. The number of amides is 1. The average molecular weight is 339 g/mol. The first-order valence-corrected chi connectivity index (χ1v) is 8.63. The summed E-state index contributed by atoms with van der Waals surface area (Å²) in [7, 11) is 0. The molecule has 2 aromatic carbocycles. The van der Waals surface area contributed by atoms with Gasteiger partial charge in [0.15, 0.2) is 0 Å². The molecule has 0 saturated heterocycles. The van der Waals surface area contributed by atoms with E-state index in [0.717, 1.165) is 17.7 Å². The largest absolute Gasteiger partial charge is 0.411 e. The van der Waals surface area contributed by atoms with Gasteiger partial charge >= 0.3 is 0 Å². The van der Waals surface area contributed by atoms with Crippen LogP contribution in [0.15, 0.2) is 64.2 Å². The van der Waals surface area contributed by atoms with Gasteiger partial charge in [-0.15, -0.1) is 10.2 Å². The lowest BCUT2D eigenvalue weighted by Crippen LogP contribution is -2.13. The van der Waals surface area contributed by atoms with Gasteiger partial charge in [0.05, 0.1) is 5.75 Å². The predicted octanol–water partition coefficient (Wildman–Crippen LogP) is 4.03. The van der Waals surface area contributed by atoms with Gasteiger partial charge < -0.3 is 9.73 Å². The number of anilines is 1. The number of rotatable bonds is 6. The zero-order valence-corrected chi connectivity index (χ0v) is 14.0. The summed E-state index contributed by atoms with van der Waals surface area (Å²) < 4.78 is 5.56. The van der Waals surface area contributed by atoms with E-state index in [1.165, 1.54) is 17.3 Å². The van der Waals surface area contributed by atoms with Crippen molar-refractivity contribution in [3.05, 3.63) is 60.2 Å². The van der Waals surface area contributed by atoms with Crippen LogP contribution in [0.3, 0.4) is 0 Å². The number of aryl methyl sites for hydroxylation is 1. The van der Waals surface area contributed by atoms with E-state index in [1.54, 1.807) is 0 Å². The number of aromatic nitrogens is 2. The SMILES string of the molecule is CCc1ccc(NC(=O)CSc2nnc(-c3ccccc3)o2)cc1. The van der Waals surface area contributed by atoms with Crippen LogP contribution in [0, 0.1) is 0 Å². The fourth-order valence-corrected chi connectivity index (χ4v) is 2.68. The molecule has 0 radical (unpaired) electrons. The van der Waals surface area contributed by atoms with Crippen LogP contribution < -0.4 is 5.32 Å². The van der Waals surface area contributed by atoms with Crippen LogP contribution in [-0.2, 0) is 11.2 Å². The lowest BCUT2D eigenvalue weighted by atomic mass is 10.1. The molecule has 6 heteroatoms. The second-order valence-corrected chi connectivity index (χ2v) is 6.05. The molecule has 0 aliphatic carbocycles. The normalized spacial score (nSPS) is 10.5. The molecule has 1 N–H and O–H groups in total. The summed E-state index contributed by atoms with van der Waals surface area (Å²) >= 11 is 1.22. The number of hydrogen-bond donors (Lipinski definition) is 1. The monoisotopic (exact) mass is 339 g/mol. The molecule has 0 fully saturated rings. The van der Waals surface area contributed by atoms with Crippen LogP contribution in [0.25, 0.3) is 11.5 Å². The molecule has 24 heavy (non-hydrogen) atoms. The van der Waals surface area contributed by atoms with Crippen molar-refractivity contribution in [2.75, 3.05) is 11.1 Å². The van der Waals surface area contributed by atoms with Crippen molar-refractivity contribution in [1.82, 2.24) is 10.2 Å². The lowest BCUT2D eigenvalue weighted by Gasteiger charge is -2.04. The molecular formula is C18H17N3O2S. The van der Waals surface area contributed by atoms with Crippen molar-refractivity contribution in [1.29, 1.82) is 0 Å². The fraction of sp³-hybridized carbons (Fsp3) is 0.167. The topological polar surface area (TPSA) is 68.0 Å². The molecule has 122 valence electrons. The van der Waals surface area contributed by atoms with Crippen molar-refractivity contribution >= 4 is 23.4 Å². The highest BCUT2D eigenvalue weighted by molar-refractivity contribution is 7.99. The standard InChI is InChI=1S/C18H17N3O2S/c1-2-13-8-10-15(11-9-13)19-16(22)12-24-18-21-20-17(23-18)14-6-4-3-5-7-14/h3-11H,2,12H2,1H3,(H,19,22). The molecule has 0 bridgehead atoms. The Balaban J connectivity index is 1.53. The fourth-order valence-electron chi connectivity index (χ4n) is 2.11. The van der Waals surface area contributed by atoms with Crippen molar-refractivity contribution in [3.63, 3.8) is 0 Å². The second-order valence-electron chi connectivity index (χ2n) is 5.13. The van der Waals surface area contributed by atoms with Gasteiger partial charge in [0.25, 0.3) is 5.22 Å². The van der Waals surface area contributed by atoms with Gasteiger partial charge in [-0.3, -0.25) is 4.79 Å². The molecule has 1 amide bonds. The molecule has 0 atom stereocenters. The predicted molar refractivity (Wildman–Crippen MR) is 94.9 cm³/mol. The van der Waals surface area contributed by atoms with E-state index in [0.29, 0.717) is 11.1 Å². The van der Waals surface area contributed by atoms with E-state index in [2.05, 4.69) is 22.4 Å². The van der Waals surface area contributed by atoms with E-state index >= 15 is 0 Å². The van der Waals surface area contributed by atoms with Gasteiger partial charge in [0.1, 0.15) is 0 Å². The number of thioether (sulfide) groups is 1. The van der Waals surface area contributed by atoms with Gasteiger partial charge in [0.2, 0.25) is 11.8 Å². The molecule has 0 aliphatic heterocycles. The number of nitrogens with zero attached hydrogens (tertiary/aromatic N) is 2. The summed E-state index contributed by atoms with van der Waals surface area (Å²) in [6, 6.07) is 17.4. The smallest absolute Gasteiger partial charge is 0.277 e. The Kier molecular flexibility index (Phi) is 5.28. The molecule has 3 rings (SSSR count). The van der Waals surface area contributed by atoms with Crippen LogP contribution in [0.5, 0.6) is 0 Å². The van der Waals surface area contributed by atoms with Gasteiger partial charge in [-0.25, -0.2) is 0 Å². The summed E-state index contributed by atoms with van der Waals surface area (Å²) in [4.78, 5) is 12.0. The number of nitrogens with one attached hydrogen (secondary N) is 1. The summed E-state index contributed by atoms with van der Waals surface area (Å²) in [5, 5.41) is 11.2. The summed E-state index contributed by atoms with van der Waals surface area (Å²) in [6.07, 6.45) is 0.977. The Morgan fingerprint density at radius 1 is 1.08 bits per heavy atom. The minimum atomic E-state index is -0.108. The third-order valence-electron chi connectivity index (χ3n) is 3.40. The molecule has 3 aromatic rings. The number of carbonyl (C=O) groups excluding carboxylic acids is 1. The summed E-state index contributed by atoms with van der Waals surface area (Å²) in [6.45, 7) is 2.10. The van der Waals surface area contributed by atoms with Crippen LogP contribution in [0.4, 0.5) is 5.69 Å². The van der Waals surface area contributed by atoms with Crippen LogP contribution in [0.1, 0.15) is 12.5 Å². The Morgan fingerprint density at radius 2 is 1.83 bits per heavy atom. The van der Waals surface area contributed by atoms with Crippen molar-refractivity contribution in [2.24, 2.45) is 0 Å². The Bertz CT molecular complexity index is 801. The van der Waals surface area contributed by atoms with Crippen molar-refractivity contribution in [3.8, 4) is 11.5 Å². The quantitative estimate of drug-likeness (QED) is 0.687. The Morgan fingerprint density at radius 3 is 2.54 bits per heavy atom. The number of hydrogen-bond acceptors (Lipinski definition) is 5. The molecule has 0 unspecified atom stereocenters. The maximum atomic E-state index is 12.0. The molecule has 5 nitrogen and oxygen atoms in total. The second kappa shape index (κ2) is 7.79. The van der Waals surface area contributed by atoms with E-state index in [-0.39, 0.29) is 11.7 Å². The Hall–Kier alpha value is -2.60. The van der Waals surface area contributed by atoms with Crippen LogP contribution >= 0.6 is 11.8 Å². The minimum absolute atomic E-state index is 0.108. The molecule has 1 aromatic heterocycles. The highest BCUT2D eigenvalue weighted by Crippen LogP contribution is 2.23. The van der Waals surface area contributed by atoms with Crippen LogP contribution in [0.2, 0.25) is 0 Å². The first-order chi connectivity index (χ1) is 11.7. The highest BCUT2D eigenvalue weighted by atomic mass is 32.2. The van der Waals surface area contributed by atoms with E-state index in [1.807, 2.05) is 54.6 Å². The number of carbonyl (C=O) groups is 1. The Labute approximate surface area is 144 Å². The first-order valence-electron chi connectivity index (χ1n) is 7.65. The van der Waals surface area contributed by atoms with Crippen molar-refractivity contribution < 1.29 is 9.21 Å². The first kappa shape index (κ1) is 16.3. The van der Waals surface area contributed by atoms with Crippen molar-refractivity contribution in [2.45, 2.75) is 18.6 Å². The van der Waals surface area contributed by atoms with Gasteiger partial charge in [0, 0.05) is 11.3 Å². The molecular weight excluding hydrogens is 322 g/mol. The molecule has 1 heterocycles. The zero-order chi connectivity index (χ0) is 16.8. The lowest BCUT2D eigenvalue weighted by molar-refractivity contribution is -0.113. The molecule has 0 aliphatic rings. The zero-order valence-electron chi connectivity index (χ0n) is 13.2. The number of benzene rings is 2. The molecule has 0 saturated carbocycles. The van der Waals surface area contributed by atoms with Gasteiger partial charge in [-0.1, -0.05) is 49.0 Å². The third-order valence-corrected chi connectivity index (χ3v) is 4.22. The van der Waals surface area contributed by atoms with E-state index < -0.39 is 0 Å². The van der Waals surface area contributed by atoms with Gasteiger partial charge in [-0.2, -0.15) is 0 Å². The maximum absolute atomic E-state index is 12.0. The highest BCUT2D eigenvalue weighted by Gasteiger charge is 2.11. The average Bonchev–Trinajstić information content (AvgIpc) is 3.10. The summed E-state index contributed by atoms with van der Waals surface area (Å²) in [5.41, 5.74) is 2.88. The summed E-state index contributed by atoms with van der Waals surface area (Å²) in [5.74, 6) is 0.559. The minimum Gasteiger partial charge on any atom is -0.411 e. The van der Waals surface area contributed by atoms with E-state index in [4.69, 9.17) is 4.42 Å². The van der Waals surface area contributed by atoms with E-state index in [9.17, 15) is 4.79 Å². The maximum Gasteiger partial charge on any atom is 0.277 e. The van der Waals surface area contributed by atoms with Crippen LogP contribution in [-0.4, -0.2) is 21.9 Å². The van der Waals surface area contributed by atoms with Gasteiger partial charge in [-0.05, 0) is 36.2 Å².